The van der Waals surface area contributed by atoms with Crippen molar-refractivity contribution in [3.8, 4) is 5.75 Å². The molecule has 0 aliphatic carbocycles. The zero-order chi connectivity index (χ0) is 15.5. The van der Waals surface area contributed by atoms with Gasteiger partial charge in [0.2, 0.25) is 10.0 Å². The van der Waals surface area contributed by atoms with Crippen molar-refractivity contribution < 1.29 is 27.4 Å². The molecule has 112 valence electrons. The van der Waals surface area contributed by atoms with Gasteiger partial charge in [-0.3, -0.25) is 4.79 Å². The number of ether oxygens (including phenoxy) is 1. The molecule has 0 fully saturated rings. The summed E-state index contributed by atoms with van der Waals surface area (Å²) in [7, 11) is -2.95. The summed E-state index contributed by atoms with van der Waals surface area (Å²) >= 11 is 0. The van der Waals surface area contributed by atoms with E-state index in [1.165, 1.54) is 13.2 Å². The fourth-order valence-electron chi connectivity index (χ4n) is 1.53. The van der Waals surface area contributed by atoms with Crippen LogP contribution >= 0.6 is 0 Å². The first-order valence-electron chi connectivity index (χ1n) is 5.77. The SMILES string of the molecule is COc1ccc(S(=O)(=O)N[C@H](C(=O)O)C(C)C)c(F)c1. The van der Waals surface area contributed by atoms with Crippen LogP contribution in [0.15, 0.2) is 23.1 Å². The second-order valence-electron chi connectivity index (χ2n) is 4.48. The fourth-order valence-corrected chi connectivity index (χ4v) is 2.93. The lowest BCUT2D eigenvalue weighted by atomic mass is 10.1. The molecule has 1 aromatic rings. The second-order valence-corrected chi connectivity index (χ2v) is 6.16. The number of sulfonamides is 1. The molecule has 0 radical (unpaired) electrons. The van der Waals surface area contributed by atoms with Crippen molar-refractivity contribution in [1.29, 1.82) is 0 Å². The van der Waals surface area contributed by atoms with E-state index in [1.807, 2.05) is 4.72 Å². The number of carboxylic acid groups (broad SMARTS) is 1. The van der Waals surface area contributed by atoms with E-state index in [4.69, 9.17) is 9.84 Å². The maximum Gasteiger partial charge on any atom is 0.322 e. The summed E-state index contributed by atoms with van der Waals surface area (Å²) in [4.78, 5) is 10.4. The lowest BCUT2D eigenvalue weighted by Gasteiger charge is -2.18. The Labute approximate surface area is 116 Å². The number of carboxylic acids is 1. The van der Waals surface area contributed by atoms with E-state index in [2.05, 4.69) is 0 Å². The summed E-state index contributed by atoms with van der Waals surface area (Å²) in [5.74, 6) is -2.65. The molecule has 1 rings (SSSR count). The molecule has 0 amide bonds. The van der Waals surface area contributed by atoms with Crippen LogP contribution in [0, 0.1) is 11.7 Å². The van der Waals surface area contributed by atoms with Gasteiger partial charge in [-0.15, -0.1) is 0 Å². The Morgan fingerprint density at radius 1 is 1.40 bits per heavy atom. The van der Waals surface area contributed by atoms with E-state index in [-0.39, 0.29) is 5.75 Å². The standard InChI is InChI=1S/C12H16FNO5S/c1-7(2)11(12(15)16)14-20(17,18)10-5-4-8(19-3)6-9(10)13/h4-7,11,14H,1-3H3,(H,15,16)/t11-/m0/s1. The van der Waals surface area contributed by atoms with Crippen LogP contribution < -0.4 is 9.46 Å². The minimum Gasteiger partial charge on any atom is -0.497 e. The van der Waals surface area contributed by atoms with Gasteiger partial charge in [0, 0.05) is 6.07 Å². The van der Waals surface area contributed by atoms with E-state index in [1.54, 1.807) is 13.8 Å². The Kier molecular flexibility index (Phi) is 5.07. The highest BCUT2D eigenvalue weighted by molar-refractivity contribution is 7.89. The number of carbonyl (C=O) groups is 1. The Morgan fingerprint density at radius 3 is 2.40 bits per heavy atom. The predicted molar refractivity (Wildman–Crippen MR) is 69.5 cm³/mol. The van der Waals surface area contributed by atoms with Crippen LogP contribution in [0.2, 0.25) is 0 Å². The number of nitrogens with one attached hydrogen (secondary N) is 1. The molecule has 1 atom stereocenters. The molecule has 0 saturated heterocycles. The van der Waals surface area contributed by atoms with Gasteiger partial charge in [-0.25, -0.2) is 12.8 Å². The zero-order valence-corrected chi connectivity index (χ0v) is 12.1. The summed E-state index contributed by atoms with van der Waals surface area (Å²) < 4.78 is 44.5. The van der Waals surface area contributed by atoms with Crippen molar-refractivity contribution in [3.63, 3.8) is 0 Å². The molecular formula is C12H16FNO5S. The molecule has 0 aromatic heterocycles. The number of aliphatic carboxylic acids is 1. The summed E-state index contributed by atoms with van der Waals surface area (Å²) in [5.41, 5.74) is 0. The lowest BCUT2D eigenvalue weighted by Crippen LogP contribution is -2.44. The molecule has 0 aliphatic heterocycles. The van der Waals surface area contributed by atoms with Crippen molar-refractivity contribution in [2.45, 2.75) is 24.8 Å². The maximum atomic E-state index is 13.7. The van der Waals surface area contributed by atoms with Gasteiger partial charge in [-0.2, -0.15) is 4.72 Å². The van der Waals surface area contributed by atoms with Crippen molar-refractivity contribution in [2.75, 3.05) is 7.11 Å². The molecule has 0 unspecified atom stereocenters. The molecule has 0 spiro atoms. The summed E-state index contributed by atoms with van der Waals surface area (Å²) in [6.45, 7) is 3.09. The molecule has 0 aliphatic rings. The third kappa shape index (κ3) is 3.67. The first-order chi connectivity index (χ1) is 9.19. The average Bonchev–Trinajstić information content (AvgIpc) is 2.34. The summed E-state index contributed by atoms with van der Waals surface area (Å²) in [6.07, 6.45) is 0. The Hall–Kier alpha value is -1.67. The van der Waals surface area contributed by atoms with Gasteiger partial charge >= 0.3 is 5.97 Å². The summed E-state index contributed by atoms with van der Waals surface area (Å²) in [6, 6.07) is 1.89. The van der Waals surface area contributed by atoms with E-state index in [0.717, 1.165) is 12.1 Å². The number of benzene rings is 1. The third-order valence-corrected chi connectivity index (χ3v) is 4.12. The van der Waals surface area contributed by atoms with Crippen molar-refractivity contribution in [2.24, 2.45) is 5.92 Å². The second kappa shape index (κ2) is 6.19. The van der Waals surface area contributed by atoms with Crippen LogP contribution in [-0.4, -0.2) is 32.6 Å². The molecular weight excluding hydrogens is 289 g/mol. The molecule has 0 saturated carbocycles. The molecule has 0 bridgehead atoms. The first-order valence-corrected chi connectivity index (χ1v) is 7.26. The smallest absolute Gasteiger partial charge is 0.322 e. The van der Waals surface area contributed by atoms with Crippen molar-refractivity contribution in [3.05, 3.63) is 24.0 Å². The normalized spacial score (nSPS) is 13.2. The lowest BCUT2D eigenvalue weighted by molar-refractivity contribution is -0.140. The quantitative estimate of drug-likeness (QED) is 0.824. The minimum atomic E-state index is -4.27. The molecule has 8 heteroatoms. The van der Waals surface area contributed by atoms with Crippen molar-refractivity contribution in [1.82, 2.24) is 4.72 Å². The predicted octanol–water partition coefficient (Wildman–Crippen LogP) is 1.22. The van der Waals surface area contributed by atoms with Gasteiger partial charge in [0.15, 0.2) is 0 Å². The van der Waals surface area contributed by atoms with Crippen molar-refractivity contribution >= 4 is 16.0 Å². The zero-order valence-electron chi connectivity index (χ0n) is 11.3. The molecule has 0 heterocycles. The molecule has 20 heavy (non-hydrogen) atoms. The maximum absolute atomic E-state index is 13.7. The topological polar surface area (TPSA) is 92.7 Å². The van der Waals surface area contributed by atoms with Gasteiger partial charge in [-0.1, -0.05) is 13.8 Å². The minimum absolute atomic E-state index is 0.167. The largest absolute Gasteiger partial charge is 0.497 e. The van der Waals surface area contributed by atoms with E-state index >= 15 is 0 Å². The Morgan fingerprint density at radius 2 is 2.00 bits per heavy atom. The number of hydrogen-bond acceptors (Lipinski definition) is 4. The third-order valence-electron chi connectivity index (χ3n) is 2.64. The highest BCUT2D eigenvalue weighted by Crippen LogP contribution is 2.21. The molecule has 2 N–H and O–H groups in total. The average molecular weight is 305 g/mol. The molecule has 1 aromatic carbocycles. The van der Waals surface area contributed by atoms with Crippen LogP contribution in [0.1, 0.15) is 13.8 Å². The number of rotatable bonds is 6. The van der Waals surface area contributed by atoms with Gasteiger partial charge in [0.25, 0.3) is 0 Å². The van der Waals surface area contributed by atoms with E-state index in [9.17, 15) is 17.6 Å². The fraction of sp³-hybridized carbons (Fsp3) is 0.417. The van der Waals surface area contributed by atoms with Gasteiger partial charge < -0.3 is 9.84 Å². The van der Waals surface area contributed by atoms with E-state index < -0.39 is 38.7 Å². The van der Waals surface area contributed by atoms with E-state index in [0.29, 0.717) is 0 Å². The van der Waals surface area contributed by atoms with Crippen LogP contribution in [0.5, 0.6) is 5.75 Å². The monoisotopic (exact) mass is 305 g/mol. The summed E-state index contributed by atoms with van der Waals surface area (Å²) in [5, 5.41) is 8.96. The van der Waals surface area contributed by atoms with Gasteiger partial charge in [0.1, 0.15) is 22.5 Å². The molecule has 6 nitrogen and oxygen atoms in total. The number of halogens is 1. The van der Waals surface area contributed by atoms with Gasteiger partial charge in [-0.05, 0) is 18.1 Å². The van der Waals surface area contributed by atoms with Crippen LogP contribution in [0.25, 0.3) is 0 Å². The Bertz CT molecular complexity index is 600. The van der Waals surface area contributed by atoms with Crippen LogP contribution in [-0.2, 0) is 14.8 Å². The highest BCUT2D eigenvalue weighted by atomic mass is 32.2. The van der Waals surface area contributed by atoms with Gasteiger partial charge in [0.05, 0.1) is 7.11 Å². The highest BCUT2D eigenvalue weighted by Gasteiger charge is 2.29. The number of hydrogen-bond donors (Lipinski definition) is 2. The number of methoxy groups -OCH3 is 1. The first kappa shape index (κ1) is 16.4. The van der Waals surface area contributed by atoms with Crippen LogP contribution in [0.4, 0.5) is 4.39 Å². The Balaban J connectivity index is 3.14. The van der Waals surface area contributed by atoms with Crippen LogP contribution in [0.3, 0.4) is 0 Å².